The molecule has 0 unspecified atom stereocenters. The van der Waals surface area contributed by atoms with Crippen molar-refractivity contribution >= 4 is 38.9 Å². The van der Waals surface area contributed by atoms with Crippen LogP contribution in [0.25, 0.3) is 0 Å². The van der Waals surface area contributed by atoms with Crippen molar-refractivity contribution in [2.75, 3.05) is 17.2 Å². The molecule has 0 bridgehead atoms. The van der Waals surface area contributed by atoms with Crippen molar-refractivity contribution in [2.24, 2.45) is 0 Å². The topological polar surface area (TPSA) is 111 Å². The van der Waals surface area contributed by atoms with Crippen LogP contribution in [0.15, 0.2) is 53.8 Å². The average Bonchev–Trinajstić information content (AvgIpc) is 3.14. The molecule has 0 aliphatic carbocycles. The van der Waals surface area contributed by atoms with Crippen molar-refractivity contribution in [3.8, 4) is 0 Å². The monoisotopic (exact) mass is 417 g/mol. The SMILES string of the molecule is O=[N+]([O-])c1c(NCCCn2ccnc2)ncnc1Nc1ccccc1Br. The molecule has 3 aromatic rings. The van der Waals surface area contributed by atoms with E-state index in [0.717, 1.165) is 17.4 Å². The van der Waals surface area contributed by atoms with Gasteiger partial charge >= 0.3 is 5.69 Å². The number of aromatic nitrogens is 4. The summed E-state index contributed by atoms with van der Waals surface area (Å²) in [4.78, 5) is 23.1. The minimum Gasteiger partial charge on any atom is -0.364 e. The summed E-state index contributed by atoms with van der Waals surface area (Å²) in [6, 6.07) is 7.32. The van der Waals surface area contributed by atoms with Crippen LogP contribution in [-0.4, -0.2) is 31.0 Å². The van der Waals surface area contributed by atoms with Crippen LogP contribution in [0.3, 0.4) is 0 Å². The van der Waals surface area contributed by atoms with Crippen molar-refractivity contribution < 1.29 is 4.92 Å². The molecule has 0 atom stereocenters. The first kappa shape index (κ1) is 17.8. The number of anilines is 3. The van der Waals surface area contributed by atoms with E-state index in [0.29, 0.717) is 12.2 Å². The van der Waals surface area contributed by atoms with E-state index >= 15 is 0 Å². The summed E-state index contributed by atoms with van der Waals surface area (Å²) in [7, 11) is 0. The maximum atomic E-state index is 11.6. The molecule has 0 aliphatic heterocycles. The van der Waals surface area contributed by atoms with E-state index in [1.165, 1.54) is 6.33 Å². The molecule has 2 aromatic heterocycles. The zero-order valence-electron chi connectivity index (χ0n) is 13.7. The van der Waals surface area contributed by atoms with E-state index in [1.807, 2.05) is 29.0 Å². The number of rotatable bonds is 8. The fourth-order valence-corrected chi connectivity index (χ4v) is 2.73. The number of hydrogen-bond donors (Lipinski definition) is 2. The molecule has 0 radical (unpaired) electrons. The highest BCUT2D eigenvalue weighted by Gasteiger charge is 2.23. The molecule has 0 fully saturated rings. The van der Waals surface area contributed by atoms with Gasteiger partial charge in [0, 0.05) is 30.0 Å². The number of nitro groups is 1. The number of nitrogens with one attached hydrogen (secondary N) is 2. The van der Waals surface area contributed by atoms with Crippen molar-refractivity contribution in [1.29, 1.82) is 0 Å². The molecule has 0 amide bonds. The molecule has 0 aliphatic rings. The van der Waals surface area contributed by atoms with Crippen LogP contribution >= 0.6 is 15.9 Å². The Bertz CT molecular complexity index is 886. The third-order valence-corrected chi connectivity index (χ3v) is 4.27. The molecular formula is C16H16BrN7O2. The fourth-order valence-electron chi connectivity index (χ4n) is 2.35. The molecule has 26 heavy (non-hydrogen) atoms. The van der Waals surface area contributed by atoms with Gasteiger partial charge in [0.05, 0.1) is 16.9 Å². The smallest absolute Gasteiger partial charge is 0.353 e. The second-order valence-corrected chi connectivity index (χ2v) is 6.22. The molecule has 0 spiro atoms. The fraction of sp³-hybridized carbons (Fsp3) is 0.188. The predicted octanol–water partition coefficient (Wildman–Crippen LogP) is 3.59. The summed E-state index contributed by atoms with van der Waals surface area (Å²) in [6.45, 7) is 1.29. The van der Waals surface area contributed by atoms with Gasteiger partial charge in [0.2, 0.25) is 11.6 Å². The Balaban J connectivity index is 1.73. The third-order valence-electron chi connectivity index (χ3n) is 3.58. The summed E-state index contributed by atoms with van der Waals surface area (Å²) in [6.07, 6.45) is 7.37. The molecule has 134 valence electrons. The highest BCUT2D eigenvalue weighted by atomic mass is 79.9. The molecule has 1 aromatic carbocycles. The number of hydrogen-bond acceptors (Lipinski definition) is 7. The molecule has 2 heterocycles. The highest BCUT2D eigenvalue weighted by Crippen LogP contribution is 2.33. The number of imidazole rings is 1. The van der Waals surface area contributed by atoms with Gasteiger partial charge in [-0.2, -0.15) is 0 Å². The van der Waals surface area contributed by atoms with Crippen LogP contribution in [0.4, 0.5) is 23.0 Å². The minimum atomic E-state index is -0.489. The lowest BCUT2D eigenvalue weighted by Gasteiger charge is -2.11. The summed E-state index contributed by atoms with van der Waals surface area (Å²) < 4.78 is 2.72. The van der Waals surface area contributed by atoms with Crippen LogP contribution in [0.1, 0.15) is 6.42 Å². The quantitative estimate of drug-likeness (QED) is 0.327. The number of para-hydroxylation sites is 1. The van der Waals surface area contributed by atoms with Gasteiger partial charge in [-0.15, -0.1) is 0 Å². The number of nitrogens with zero attached hydrogens (tertiary/aromatic N) is 5. The zero-order valence-corrected chi connectivity index (χ0v) is 15.3. The Labute approximate surface area is 157 Å². The van der Waals surface area contributed by atoms with Crippen molar-refractivity contribution in [3.63, 3.8) is 0 Å². The third kappa shape index (κ3) is 4.33. The molecule has 0 saturated carbocycles. The van der Waals surface area contributed by atoms with E-state index in [2.05, 4.69) is 41.5 Å². The maximum Gasteiger partial charge on any atom is 0.353 e. The van der Waals surface area contributed by atoms with Crippen LogP contribution < -0.4 is 10.6 Å². The largest absolute Gasteiger partial charge is 0.364 e. The minimum absolute atomic E-state index is 0.133. The summed E-state index contributed by atoms with van der Waals surface area (Å²) >= 11 is 3.41. The standard InChI is InChI=1S/C16H16BrN7O2/c17-12-4-1-2-5-13(12)22-16-14(24(25)26)15(20-10-21-16)19-6-3-8-23-9-7-18-11-23/h1-2,4-5,7,9-11H,3,6,8H2,(H2,19,20,21,22). The predicted molar refractivity (Wildman–Crippen MR) is 101 cm³/mol. The zero-order chi connectivity index (χ0) is 18.4. The first-order valence-corrected chi connectivity index (χ1v) is 8.65. The Kier molecular flexibility index (Phi) is 5.74. The van der Waals surface area contributed by atoms with E-state index in [9.17, 15) is 10.1 Å². The Morgan fingerprint density at radius 1 is 1.23 bits per heavy atom. The van der Waals surface area contributed by atoms with Gasteiger partial charge in [-0.25, -0.2) is 15.0 Å². The van der Waals surface area contributed by atoms with Crippen molar-refractivity contribution in [1.82, 2.24) is 19.5 Å². The van der Waals surface area contributed by atoms with E-state index < -0.39 is 4.92 Å². The first-order chi connectivity index (χ1) is 12.6. The van der Waals surface area contributed by atoms with Gasteiger partial charge in [-0.05, 0) is 34.5 Å². The van der Waals surface area contributed by atoms with Crippen LogP contribution in [0.2, 0.25) is 0 Å². The Morgan fingerprint density at radius 2 is 2.04 bits per heavy atom. The second kappa shape index (κ2) is 8.39. The molecule has 0 saturated heterocycles. The van der Waals surface area contributed by atoms with Gasteiger partial charge in [-0.1, -0.05) is 12.1 Å². The summed E-state index contributed by atoms with van der Waals surface area (Å²) in [5.74, 6) is 0.319. The van der Waals surface area contributed by atoms with Gasteiger partial charge in [0.25, 0.3) is 0 Å². The summed E-state index contributed by atoms with van der Waals surface area (Å²) in [5.41, 5.74) is 0.492. The Hall–Kier alpha value is -3.01. The van der Waals surface area contributed by atoms with Crippen LogP contribution in [0.5, 0.6) is 0 Å². The van der Waals surface area contributed by atoms with Crippen molar-refractivity contribution in [2.45, 2.75) is 13.0 Å². The van der Waals surface area contributed by atoms with Crippen LogP contribution in [-0.2, 0) is 6.54 Å². The Morgan fingerprint density at radius 3 is 2.77 bits per heavy atom. The van der Waals surface area contributed by atoms with Gasteiger partial charge in [0.1, 0.15) is 6.33 Å². The van der Waals surface area contributed by atoms with E-state index in [1.54, 1.807) is 18.6 Å². The normalized spacial score (nSPS) is 10.5. The number of aryl methyl sites for hydroxylation is 1. The van der Waals surface area contributed by atoms with Gasteiger partial charge < -0.3 is 15.2 Å². The number of halogens is 1. The van der Waals surface area contributed by atoms with Gasteiger partial charge in [-0.3, -0.25) is 10.1 Å². The molecular weight excluding hydrogens is 402 g/mol. The maximum absolute atomic E-state index is 11.6. The van der Waals surface area contributed by atoms with Crippen molar-refractivity contribution in [3.05, 3.63) is 63.9 Å². The lowest BCUT2D eigenvalue weighted by Crippen LogP contribution is -2.11. The van der Waals surface area contributed by atoms with Crippen LogP contribution in [0, 0.1) is 10.1 Å². The number of benzene rings is 1. The molecule has 9 nitrogen and oxygen atoms in total. The molecule has 10 heteroatoms. The lowest BCUT2D eigenvalue weighted by atomic mass is 10.3. The molecule has 3 rings (SSSR count). The summed E-state index contributed by atoms with van der Waals surface area (Å²) in [5, 5.41) is 17.6. The van der Waals surface area contributed by atoms with Gasteiger partial charge in [0.15, 0.2) is 0 Å². The second-order valence-electron chi connectivity index (χ2n) is 5.36. The first-order valence-electron chi connectivity index (χ1n) is 7.85. The van der Waals surface area contributed by atoms with E-state index in [-0.39, 0.29) is 17.3 Å². The van der Waals surface area contributed by atoms with E-state index in [4.69, 9.17) is 0 Å². The lowest BCUT2D eigenvalue weighted by molar-refractivity contribution is -0.383. The molecule has 2 N–H and O–H groups in total. The highest BCUT2D eigenvalue weighted by molar-refractivity contribution is 9.10. The average molecular weight is 418 g/mol.